The van der Waals surface area contributed by atoms with Crippen molar-refractivity contribution in [2.45, 2.75) is 30.7 Å². The molecule has 0 aliphatic carbocycles. The van der Waals surface area contributed by atoms with Gasteiger partial charge in [0.15, 0.2) is 11.6 Å². The van der Waals surface area contributed by atoms with Crippen LogP contribution in [0.4, 0.5) is 0 Å². The van der Waals surface area contributed by atoms with Gasteiger partial charge in [-0.15, -0.1) is 16.4 Å². The second-order valence-corrected chi connectivity index (χ2v) is 7.37. The summed E-state index contributed by atoms with van der Waals surface area (Å²) in [4.78, 5) is 18.0. The number of thiophene rings is 1. The SMILES string of the molecule is CCc1ccc(C(=O)C(C)Sc2n[nH]c(-c3cccs3)n2)cc1. The monoisotopic (exact) mass is 343 g/mol. The summed E-state index contributed by atoms with van der Waals surface area (Å²) >= 11 is 2.98. The number of carbonyl (C=O) groups is 1. The maximum Gasteiger partial charge on any atom is 0.209 e. The first kappa shape index (κ1) is 16.0. The van der Waals surface area contributed by atoms with Gasteiger partial charge in [-0.25, -0.2) is 4.98 Å². The summed E-state index contributed by atoms with van der Waals surface area (Å²) in [6.07, 6.45) is 0.974. The molecule has 3 aromatic rings. The second kappa shape index (κ2) is 7.10. The maximum absolute atomic E-state index is 12.5. The lowest BCUT2D eigenvalue weighted by atomic mass is 10.1. The van der Waals surface area contributed by atoms with Crippen LogP contribution in [0.2, 0.25) is 0 Å². The molecular formula is C17H17N3OS2. The first-order valence-corrected chi connectivity index (χ1v) is 9.19. The minimum absolute atomic E-state index is 0.0973. The third-order valence-corrected chi connectivity index (χ3v) is 5.36. The van der Waals surface area contributed by atoms with Crippen LogP contribution < -0.4 is 0 Å². The fraction of sp³-hybridized carbons (Fsp3) is 0.235. The highest BCUT2D eigenvalue weighted by Gasteiger charge is 2.19. The standard InChI is InChI=1S/C17H17N3OS2/c1-3-12-6-8-13(9-7-12)15(21)11(2)23-17-18-16(19-20-17)14-5-4-10-22-14/h4-11H,3H2,1-2H3,(H,18,19,20). The fourth-order valence-electron chi connectivity index (χ4n) is 2.17. The van der Waals surface area contributed by atoms with Gasteiger partial charge in [0.05, 0.1) is 10.1 Å². The molecule has 0 aliphatic heterocycles. The molecule has 0 spiro atoms. The number of nitrogens with zero attached hydrogens (tertiary/aromatic N) is 2. The van der Waals surface area contributed by atoms with Crippen LogP contribution in [0.3, 0.4) is 0 Å². The van der Waals surface area contributed by atoms with Crippen molar-refractivity contribution in [2.24, 2.45) is 0 Å². The Balaban J connectivity index is 1.68. The van der Waals surface area contributed by atoms with Gasteiger partial charge in [-0.2, -0.15) is 0 Å². The van der Waals surface area contributed by atoms with E-state index in [9.17, 15) is 4.79 Å². The smallest absolute Gasteiger partial charge is 0.209 e. The van der Waals surface area contributed by atoms with Crippen LogP contribution in [-0.4, -0.2) is 26.2 Å². The van der Waals surface area contributed by atoms with Crippen LogP contribution in [0.15, 0.2) is 46.9 Å². The molecule has 4 nitrogen and oxygen atoms in total. The number of benzene rings is 1. The van der Waals surface area contributed by atoms with E-state index in [0.29, 0.717) is 5.16 Å². The number of aryl methyl sites for hydroxylation is 1. The van der Waals surface area contributed by atoms with Crippen molar-refractivity contribution in [2.75, 3.05) is 0 Å². The molecule has 0 amide bonds. The first-order chi connectivity index (χ1) is 11.2. The van der Waals surface area contributed by atoms with Gasteiger partial charge in [-0.1, -0.05) is 49.0 Å². The lowest BCUT2D eigenvalue weighted by Gasteiger charge is -2.08. The Morgan fingerprint density at radius 1 is 1.30 bits per heavy atom. The molecule has 0 bridgehead atoms. The number of aromatic amines is 1. The van der Waals surface area contributed by atoms with Crippen LogP contribution in [0.25, 0.3) is 10.7 Å². The number of hydrogen-bond donors (Lipinski definition) is 1. The van der Waals surface area contributed by atoms with E-state index < -0.39 is 0 Å². The Morgan fingerprint density at radius 2 is 2.09 bits per heavy atom. The summed E-state index contributed by atoms with van der Waals surface area (Å²) in [5.41, 5.74) is 1.97. The van der Waals surface area contributed by atoms with Crippen molar-refractivity contribution >= 4 is 28.9 Å². The lowest BCUT2D eigenvalue weighted by molar-refractivity contribution is 0.0994. The third-order valence-electron chi connectivity index (χ3n) is 3.52. The molecule has 1 atom stereocenters. The summed E-state index contributed by atoms with van der Waals surface area (Å²) < 4.78 is 0. The van der Waals surface area contributed by atoms with Gasteiger partial charge < -0.3 is 0 Å². The number of Topliss-reactive ketones (excluding diaryl/α,β-unsaturated/α-hetero) is 1. The zero-order valence-electron chi connectivity index (χ0n) is 12.9. The van der Waals surface area contributed by atoms with Crippen LogP contribution >= 0.6 is 23.1 Å². The van der Waals surface area contributed by atoms with E-state index in [1.54, 1.807) is 11.3 Å². The van der Waals surface area contributed by atoms with Gasteiger partial charge in [-0.05, 0) is 30.4 Å². The molecule has 0 aliphatic rings. The van der Waals surface area contributed by atoms with Crippen LogP contribution in [0, 0.1) is 0 Å². The van der Waals surface area contributed by atoms with E-state index in [1.807, 2.05) is 48.7 Å². The highest BCUT2D eigenvalue weighted by molar-refractivity contribution is 8.00. The molecule has 2 aromatic heterocycles. The lowest BCUT2D eigenvalue weighted by Crippen LogP contribution is -2.13. The molecule has 23 heavy (non-hydrogen) atoms. The summed E-state index contributed by atoms with van der Waals surface area (Å²) in [5, 5.41) is 9.49. The highest BCUT2D eigenvalue weighted by atomic mass is 32.2. The molecule has 1 aromatic carbocycles. The molecule has 3 rings (SSSR count). The van der Waals surface area contributed by atoms with Crippen molar-refractivity contribution in [3.05, 3.63) is 52.9 Å². The van der Waals surface area contributed by atoms with E-state index in [-0.39, 0.29) is 11.0 Å². The van der Waals surface area contributed by atoms with Crippen molar-refractivity contribution in [1.82, 2.24) is 15.2 Å². The van der Waals surface area contributed by atoms with E-state index in [4.69, 9.17) is 0 Å². The summed E-state index contributed by atoms with van der Waals surface area (Å²) in [5.74, 6) is 0.842. The van der Waals surface area contributed by atoms with E-state index in [1.165, 1.54) is 17.3 Å². The van der Waals surface area contributed by atoms with Crippen molar-refractivity contribution in [3.8, 4) is 10.7 Å². The molecular weight excluding hydrogens is 326 g/mol. The number of aromatic nitrogens is 3. The van der Waals surface area contributed by atoms with Gasteiger partial charge in [0, 0.05) is 5.56 Å². The molecule has 118 valence electrons. The van der Waals surface area contributed by atoms with E-state index >= 15 is 0 Å². The highest BCUT2D eigenvalue weighted by Crippen LogP contribution is 2.26. The predicted molar refractivity (Wildman–Crippen MR) is 95.2 cm³/mol. The first-order valence-electron chi connectivity index (χ1n) is 7.43. The Bertz CT molecular complexity index is 779. The van der Waals surface area contributed by atoms with Crippen molar-refractivity contribution in [1.29, 1.82) is 0 Å². The molecule has 1 N–H and O–H groups in total. The number of carbonyl (C=O) groups excluding carboxylic acids is 1. The Morgan fingerprint density at radius 3 is 2.74 bits per heavy atom. The molecule has 0 radical (unpaired) electrons. The molecule has 2 heterocycles. The number of nitrogens with one attached hydrogen (secondary N) is 1. The van der Waals surface area contributed by atoms with E-state index in [2.05, 4.69) is 22.1 Å². The largest absolute Gasteiger partial charge is 0.293 e. The second-order valence-electron chi connectivity index (χ2n) is 5.12. The summed E-state index contributed by atoms with van der Waals surface area (Å²) in [7, 11) is 0. The zero-order valence-corrected chi connectivity index (χ0v) is 14.6. The normalized spacial score (nSPS) is 12.3. The average molecular weight is 343 g/mol. The molecule has 0 saturated carbocycles. The van der Waals surface area contributed by atoms with Gasteiger partial charge in [0.1, 0.15) is 0 Å². The zero-order chi connectivity index (χ0) is 16.2. The minimum atomic E-state index is -0.227. The molecule has 0 saturated heterocycles. The van der Waals surface area contributed by atoms with Crippen LogP contribution in [0.5, 0.6) is 0 Å². The predicted octanol–water partition coefficient (Wildman–Crippen LogP) is 4.46. The quantitative estimate of drug-likeness (QED) is 0.530. The Labute approximate surface area is 143 Å². The van der Waals surface area contributed by atoms with Crippen LogP contribution in [-0.2, 0) is 6.42 Å². The summed E-state index contributed by atoms with van der Waals surface area (Å²) in [6.45, 7) is 3.99. The maximum atomic E-state index is 12.5. The average Bonchev–Trinajstić information content (AvgIpc) is 3.25. The van der Waals surface area contributed by atoms with Gasteiger partial charge in [0.25, 0.3) is 0 Å². The van der Waals surface area contributed by atoms with Gasteiger partial charge >= 0.3 is 0 Å². The molecule has 1 unspecified atom stereocenters. The number of thioether (sulfide) groups is 1. The molecule has 6 heteroatoms. The fourth-order valence-corrected chi connectivity index (χ4v) is 3.64. The van der Waals surface area contributed by atoms with Crippen molar-refractivity contribution < 1.29 is 4.79 Å². The third kappa shape index (κ3) is 3.71. The Kier molecular flexibility index (Phi) is 4.93. The van der Waals surface area contributed by atoms with Crippen molar-refractivity contribution in [3.63, 3.8) is 0 Å². The number of hydrogen-bond acceptors (Lipinski definition) is 5. The summed E-state index contributed by atoms with van der Waals surface area (Å²) in [6, 6.07) is 11.8. The number of H-pyrrole nitrogens is 1. The van der Waals surface area contributed by atoms with Gasteiger partial charge in [-0.3, -0.25) is 9.89 Å². The minimum Gasteiger partial charge on any atom is -0.293 e. The Hall–Kier alpha value is -1.92. The number of ketones is 1. The van der Waals surface area contributed by atoms with Crippen LogP contribution in [0.1, 0.15) is 29.8 Å². The van der Waals surface area contributed by atoms with E-state index in [0.717, 1.165) is 22.7 Å². The topological polar surface area (TPSA) is 58.6 Å². The molecule has 0 fully saturated rings. The van der Waals surface area contributed by atoms with Gasteiger partial charge in [0.2, 0.25) is 5.16 Å². The number of rotatable bonds is 6.